The van der Waals surface area contributed by atoms with E-state index in [-0.39, 0.29) is 17.9 Å². The normalized spacial score (nSPS) is 24.4. The summed E-state index contributed by atoms with van der Waals surface area (Å²) in [7, 11) is 1.54. The van der Waals surface area contributed by atoms with E-state index < -0.39 is 54.2 Å². The van der Waals surface area contributed by atoms with Crippen molar-refractivity contribution in [1.29, 1.82) is 0 Å². The molecule has 1 unspecified atom stereocenters. The molecular weight excluding hydrogens is 635 g/mol. The predicted octanol–water partition coefficient (Wildman–Crippen LogP) is 5.67. The summed E-state index contributed by atoms with van der Waals surface area (Å²) < 4.78 is 71.8. The Kier molecular flexibility index (Phi) is 7.57. The number of nitrogens with zero attached hydrogens (tertiary/aromatic N) is 7. The number of rotatable bonds is 6. The first-order chi connectivity index (χ1) is 22.9. The van der Waals surface area contributed by atoms with Crippen LogP contribution in [0.4, 0.5) is 13.2 Å². The van der Waals surface area contributed by atoms with E-state index in [9.17, 15) is 13.2 Å². The Hall–Kier alpha value is -4.54. The minimum Gasteiger partial charge on any atom is -0.376 e. The largest absolute Gasteiger partial charge is 0.376 e. The lowest BCUT2D eigenvalue weighted by molar-refractivity contribution is -0.321. The molecule has 15 heteroatoms. The van der Waals surface area contributed by atoms with Gasteiger partial charge in [0, 0.05) is 23.9 Å². The number of hydrogen-bond acceptors (Lipinski definition) is 10. The number of aryl methyl sites for hydroxylation is 1. The third kappa shape index (κ3) is 5.29. The molecule has 2 fully saturated rings. The predicted molar refractivity (Wildman–Crippen MR) is 162 cm³/mol. The molecule has 8 rings (SSSR count). The average molecular weight is 662 g/mol. The minimum absolute atomic E-state index is 0.0188. The lowest BCUT2D eigenvalue weighted by Crippen LogP contribution is -2.57. The molecule has 2 aliphatic heterocycles. The van der Waals surface area contributed by atoms with Crippen LogP contribution in [-0.2, 0) is 18.9 Å². The van der Waals surface area contributed by atoms with Crippen LogP contribution in [0.5, 0.6) is 0 Å². The fraction of sp³-hybridized carbons (Fsp3) is 0.281. The molecule has 0 bridgehead atoms. The van der Waals surface area contributed by atoms with Gasteiger partial charge >= 0.3 is 0 Å². The quantitative estimate of drug-likeness (QED) is 0.209. The number of halogens is 3. The van der Waals surface area contributed by atoms with Crippen LogP contribution in [0.1, 0.15) is 34.8 Å². The van der Waals surface area contributed by atoms with Gasteiger partial charge in [-0.05, 0) is 37.3 Å². The van der Waals surface area contributed by atoms with Gasteiger partial charge in [-0.1, -0.05) is 35.5 Å². The maximum absolute atomic E-state index is 14.1. The standard InChI is InChI=1S/C32H26F3N7O4S/c1-16-37-22-9-8-19(12-25(22)47-16)41-15-36-39-31(41)30-29(43-2)27(28-24(45-30)14-44-32(46-28)17-6-4-3-5-7-17)42-13-23(38-40-42)18-10-20(33)26(35)21(34)11-18/h3-13,15,24,27-30,32H,14H2,1-2H3/t24-,27+,28+,29-,30-,32?/m1/s1. The molecule has 5 heterocycles. The summed E-state index contributed by atoms with van der Waals surface area (Å²) in [6.07, 6.45) is -0.421. The summed E-state index contributed by atoms with van der Waals surface area (Å²) in [5.74, 6) is -3.76. The molecule has 0 aliphatic carbocycles. The van der Waals surface area contributed by atoms with E-state index in [1.54, 1.807) is 17.7 Å². The number of fused-ring (bicyclic) bond motifs is 2. The van der Waals surface area contributed by atoms with Crippen molar-refractivity contribution in [2.45, 2.75) is 43.7 Å². The molecular formula is C32H26F3N7O4S. The highest BCUT2D eigenvalue weighted by molar-refractivity contribution is 7.18. The molecule has 6 atom stereocenters. The first-order valence-electron chi connectivity index (χ1n) is 14.7. The molecule has 0 amide bonds. The van der Waals surface area contributed by atoms with Crippen molar-refractivity contribution in [2.24, 2.45) is 0 Å². The van der Waals surface area contributed by atoms with E-state index in [0.29, 0.717) is 5.82 Å². The summed E-state index contributed by atoms with van der Waals surface area (Å²) in [5, 5.41) is 18.1. The summed E-state index contributed by atoms with van der Waals surface area (Å²) >= 11 is 1.58. The number of aromatic nitrogens is 7. The van der Waals surface area contributed by atoms with Gasteiger partial charge in [0.15, 0.2) is 29.6 Å². The Morgan fingerprint density at radius 1 is 0.979 bits per heavy atom. The van der Waals surface area contributed by atoms with E-state index in [1.807, 2.05) is 60.0 Å². The zero-order valence-corrected chi connectivity index (χ0v) is 25.7. The summed E-state index contributed by atoms with van der Waals surface area (Å²) in [6, 6.07) is 16.4. The second-order valence-electron chi connectivity index (χ2n) is 11.2. The van der Waals surface area contributed by atoms with Crippen molar-refractivity contribution in [1.82, 2.24) is 34.7 Å². The van der Waals surface area contributed by atoms with E-state index in [1.165, 1.54) is 18.0 Å². The topological polar surface area (TPSA) is 111 Å². The van der Waals surface area contributed by atoms with Gasteiger partial charge in [-0.15, -0.1) is 26.6 Å². The molecule has 3 aromatic carbocycles. The highest BCUT2D eigenvalue weighted by Gasteiger charge is 2.53. The fourth-order valence-corrected chi connectivity index (χ4v) is 7.09. The first-order valence-corrected chi connectivity index (χ1v) is 15.5. The van der Waals surface area contributed by atoms with Crippen LogP contribution in [0.15, 0.2) is 73.2 Å². The molecule has 0 radical (unpaired) electrons. The summed E-state index contributed by atoms with van der Waals surface area (Å²) in [4.78, 5) is 4.56. The Morgan fingerprint density at radius 3 is 2.57 bits per heavy atom. The van der Waals surface area contributed by atoms with Crippen LogP contribution in [0.25, 0.3) is 27.2 Å². The van der Waals surface area contributed by atoms with Gasteiger partial charge in [-0.3, -0.25) is 4.57 Å². The lowest BCUT2D eigenvalue weighted by atomic mass is 9.91. The number of thiazole rings is 1. The maximum atomic E-state index is 14.1. The van der Waals surface area contributed by atoms with Crippen LogP contribution in [0, 0.1) is 24.4 Å². The second kappa shape index (κ2) is 11.9. The zero-order chi connectivity index (χ0) is 32.2. The molecule has 11 nitrogen and oxygen atoms in total. The molecule has 240 valence electrons. The Bertz CT molecular complexity index is 2050. The van der Waals surface area contributed by atoms with Crippen molar-refractivity contribution in [3.63, 3.8) is 0 Å². The molecule has 2 aliphatic rings. The third-order valence-corrected chi connectivity index (χ3v) is 9.31. The zero-order valence-electron chi connectivity index (χ0n) is 24.9. The van der Waals surface area contributed by atoms with Crippen LogP contribution < -0.4 is 0 Å². The van der Waals surface area contributed by atoms with Crippen LogP contribution in [-0.4, -0.2) is 66.8 Å². The second-order valence-corrected chi connectivity index (χ2v) is 12.5. The van der Waals surface area contributed by atoms with Gasteiger partial charge in [0.05, 0.1) is 28.0 Å². The van der Waals surface area contributed by atoms with Crippen molar-refractivity contribution >= 4 is 21.6 Å². The van der Waals surface area contributed by atoms with Gasteiger partial charge < -0.3 is 18.9 Å². The van der Waals surface area contributed by atoms with Crippen molar-refractivity contribution in [3.05, 3.63) is 107 Å². The van der Waals surface area contributed by atoms with Crippen LogP contribution >= 0.6 is 11.3 Å². The van der Waals surface area contributed by atoms with E-state index in [0.717, 1.165) is 38.6 Å². The number of hydrogen-bond donors (Lipinski definition) is 0. The van der Waals surface area contributed by atoms with Gasteiger partial charge in [-0.2, -0.15) is 0 Å². The van der Waals surface area contributed by atoms with Gasteiger partial charge in [-0.25, -0.2) is 22.8 Å². The average Bonchev–Trinajstić information content (AvgIpc) is 3.85. The van der Waals surface area contributed by atoms with E-state index in [2.05, 4.69) is 25.5 Å². The Morgan fingerprint density at radius 2 is 1.79 bits per heavy atom. The SMILES string of the molecule is CO[C@@H]1[C@@H](n2cc(-c3cc(F)c(F)c(F)c3)nn2)[C@H]2OC(c3ccccc3)OC[C@H]2O[C@H]1c1nncn1-c1ccc2nc(C)sc2c1. The van der Waals surface area contributed by atoms with Gasteiger partial charge in [0.25, 0.3) is 0 Å². The maximum Gasteiger partial charge on any atom is 0.194 e. The van der Waals surface area contributed by atoms with Crippen LogP contribution in [0.3, 0.4) is 0 Å². The van der Waals surface area contributed by atoms with Gasteiger partial charge in [0.1, 0.15) is 42.5 Å². The molecule has 6 aromatic rings. The van der Waals surface area contributed by atoms with E-state index >= 15 is 0 Å². The summed E-state index contributed by atoms with van der Waals surface area (Å²) in [5.41, 5.74) is 2.66. The highest BCUT2D eigenvalue weighted by atomic mass is 32.1. The van der Waals surface area contributed by atoms with Crippen molar-refractivity contribution in [2.75, 3.05) is 13.7 Å². The number of benzene rings is 3. The van der Waals surface area contributed by atoms with Crippen LogP contribution in [0.2, 0.25) is 0 Å². The fourth-order valence-electron chi connectivity index (χ4n) is 6.23. The minimum atomic E-state index is -1.56. The first kappa shape index (κ1) is 29.8. The molecule has 47 heavy (non-hydrogen) atoms. The molecule has 3 aromatic heterocycles. The molecule has 2 saturated heterocycles. The monoisotopic (exact) mass is 661 g/mol. The van der Waals surface area contributed by atoms with E-state index in [4.69, 9.17) is 18.9 Å². The van der Waals surface area contributed by atoms with Crippen molar-refractivity contribution < 1.29 is 32.1 Å². The van der Waals surface area contributed by atoms with Crippen molar-refractivity contribution in [3.8, 4) is 16.9 Å². The molecule has 0 spiro atoms. The Balaban J connectivity index is 1.20. The lowest BCUT2D eigenvalue weighted by Gasteiger charge is -2.48. The highest BCUT2D eigenvalue weighted by Crippen LogP contribution is 2.45. The third-order valence-electron chi connectivity index (χ3n) is 8.38. The number of methoxy groups -OCH3 is 1. The summed E-state index contributed by atoms with van der Waals surface area (Å²) in [6.45, 7) is 2.13. The molecule has 0 N–H and O–H groups in total. The Labute approximate surface area is 269 Å². The van der Waals surface area contributed by atoms with Gasteiger partial charge in [0.2, 0.25) is 0 Å². The molecule has 0 saturated carbocycles. The smallest absolute Gasteiger partial charge is 0.194 e. The number of ether oxygens (including phenoxy) is 4.